The highest BCUT2D eigenvalue weighted by atomic mass is 32.2. The lowest BCUT2D eigenvalue weighted by Gasteiger charge is -2.34. The number of nitrogens with one attached hydrogen (secondary N) is 1. The fourth-order valence-corrected chi connectivity index (χ4v) is 5.42. The molecule has 2 aromatic rings. The summed E-state index contributed by atoms with van der Waals surface area (Å²) < 4.78 is 32.9. The van der Waals surface area contributed by atoms with E-state index in [2.05, 4.69) is 5.32 Å². The zero-order valence-electron chi connectivity index (χ0n) is 20.4. The van der Waals surface area contributed by atoms with Gasteiger partial charge in [0.25, 0.3) is 5.91 Å². The average molecular weight is 488 g/mol. The normalized spacial score (nSPS) is 15.1. The third kappa shape index (κ3) is 6.36. The number of ether oxygens (including phenoxy) is 1. The van der Waals surface area contributed by atoms with Gasteiger partial charge in [0.05, 0.1) is 4.90 Å². The molecule has 34 heavy (non-hydrogen) atoms. The van der Waals surface area contributed by atoms with Crippen molar-refractivity contribution in [2.24, 2.45) is 0 Å². The molecule has 0 bridgehead atoms. The number of sulfonamides is 1. The standard InChI is InChI=1S/C25H33N3O5S/c1-18-6-7-19(2)22(16-18)34(31,32)28-14-12-27(13-15-28)23(29)21-10-8-20(9-11-21)17-26-24(30)33-25(3,4)5/h6-11,16H,12-15,17H2,1-5H3,(H,26,30). The first-order chi connectivity index (χ1) is 15.9. The van der Waals surface area contributed by atoms with Crippen LogP contribution in [0.15, 0.2) is 47.4 Å². The van der Waals surface area contributed by atoms with Crippen molar-refractivity contribution in [3.05, 3.63) is 64.7 Å². The van der Waals surface area contributed by atoms with Crippen LogP contribution in [0.4, 0.5) is 4.79 Å². The zero-order valence-corrected chi connectivity index (χ0v) is 21.2. The smallest absolute Gasteiger partial charge is 0.407 e. The molecule has 3 rings (SSSR count). The number of hydrogen-bond acceptors (Lipinski definition) is 5. The van der Waals surface area contributed by atoms with E-state index in [1.165, 1.54) is 4.31 Å². The lowest BCUT2D eigenvalue weighted by Crippen LogP contribution is -2.50. The van der Waals surface area contributed by atoms with Crippen molar-refractivity contribution in [2.45, 2.75) is 51.7 Å². The monoisotopic (exact) mass is 487 g/mol. The van der Waals surface area contributed by atoms with Crippen LogP contribution in [-0.2, 0) is 21.3 Å². The minimum atomic E-state index is -3.61. The number of aryl methyl sites for hydroxylation is 2. The van der Waals surface area contributed by atoms with Crippen molar-refractivity contribution in [1.29, 1.82) is 0 Å². The molecule has 8 nitrogen and oxygen atoms in total. The Kier molecular flexibility index (Phi) is 7.67. The SMILES string of the molecule is Cc1ccc(C)c(S(=O)(=O)N2CCN(C(=O)c3ccc(CNC(=O)OC(C)(C)C)cc3)CC2)c1. The molecular formula is C25H33N3O5S. The van der Waals surface area contributed by atoms with Gasteiger partial charge < -0.3 is 15.0 Å². The number of benzene rings is 2. The van der Waals surface area contributed by atoms with Crippen LogP contribution in [-0.4, -0.2) is 61.4 Å². The highest BCUT2D eigenvalue weighted by Gasteiger charge is 2.31. The second-order valence-electron chi connectivity index (χ2n) is 9.52. The summed E-state index contributed by atoms with van der Waals surface area (Å²) in [5.74, 6) is -0.143. The topological polar surface area (TPSA) is 96.0 Å². The van der Waals surface area contributed by atoms with E-state index < -0.39 is 21.7 Å². The van der Waals surface area contributed by atoms with E-state index in [0.29, 0.717) is 29.1 Å². The van der Waals surface area contributed by atoms with Gasteiger partial charge in [0.1, 0.15) is 5.60 Å². The number of alkyl carbamates (subject to hydrolysis) is 1. The number of hydrogen-bond donors (Lipinski definition) is 1. The maximum atomic E-state index is 13.1. The molecule has 2 aromatic carbocycles. The number of piperazine rings is 1. The van der Waals surface area contributed by atoms with Gasteiger partial charge in [0.2, 0.25) is 10.0 Å². The van der Waals surface area contributed by atoms with Gasteiger partial charge in [-0.05, 0) is 69.5 Å². The molecule has 1 heterocycles. The largest absolute Gasteiger partial charge is 0.444 e. The molecule has 9 heteroatoms. The molecule has 1 aliphatic rings. The second-order valence-corrected chi connectivity index (χ2v) is 11.4. The number of carbonyl (C=O) groups excluding carboxylic acids is 2. The Labute approximate surface area is 201 Å². The van der Waals surface area contributed by atoms with Gasteiger partial charge >= 0.3 is 6.09 Å². The van der Waals surface area contributed by atoms with Crippen LogP contribution in [0.2, 0.25) is 0 Å². The first kappa shape index (κ1) is 25.7. The maximum absolute atomic E-state index is 13.1. The lowest BCUT2D eigenvalue weighted by molar-refractivity contribution is 0.0523. The van der Waals surface area contributed by atoms with Gasteiger partial charge in [-0.15, -0.1) is 0 Å². The summed E-state index contributed by atoms with van der Waals surface area (Å²) in [6.45, 7) is 10.5. The molecule has 0 radical (unpaired) electrons. The minimum absolute atomic E-state index is 0.143. The molecule has 0 unspecified atom stereocenters. The van der Waals surface area contributed by atoms with Crippen LogP contribution in [0.1, 0.15) is 47.8 Å². The van der Waals surface area contributed by atoms with E-state index in [1.807, 2.05) is 19.1 Å². The maximum Gasteiger partial charge on any atom is 0.407 e. The Morgan fingerprint density at radius 1 is 0.971 bits per heavy atom. The van der Waals surface area contributed by atoms with E-state index in [9.17, 15) is 18.0 Å². The van der Waals surface area contributed by atoms with Gasteiger partial charge in [-0.2, -0.15) is 4.31 Å². The van der Waals surface area contributed by atoms with Crippen LogP contribution < -0.4 is 5.32 Å². The van der Waals surface area contributed by atoms with Crippen molar-refractivity contribution < 1.29 is 22.7 Å². The van der Waals surface area contributed by atoms with Crippen LogP contribution in [0.5, 0.6) is 0 Å². The van der Waals surface area contributed by atoms with Crippen molar-refractivity contribution in [3.63, 3.8) is 0 Å². The van der Waals surface area contributed by atoms with Crippen molar-refractivity contribution in [1.82, 2.24) is 14.5 Å². The Morgan fingerprint density at radius 3 is 2.18 bits per heavy atom. The first-order valence-electron chi connectivity index (χ1n) is 11.3. The van der Waals surface area contributed by atoms with Crippen molar-refractivity contribution in [2.75, 3.05) is 26.2 Å². The Bertz CT molecular complexity index is 1150. The molecule has 0 aromatic heterocycles. The molecular weight excluding hydrogens is 454 g/mol. The summed E-state index contributed by atoms with van der Waals surface area (Å²) in [6, 6.07) is 12.4. The molecule has 0 saturated carbocycles. The Morgan fingerprint density at radius 2 is 1.59 bits per heavy atom. The molecule has 0 aliphatic carbocycles. The van der Waals surface area contributed by atoms with Gasteiger partial charge in [-0.3, -0.25) is 4.79 Å². The molecule has 0 atom stereocenters. The molecule has 1 aliphatic heterocycles. The molecule has 184 valence electrons. The van der Waals surface area contributed by atoms with Crippen LogP contribution in [0, 0.1) is 13.8 Å². The molecule has 1 N–H and O–H groups in total. The molecule has 2 amide bonds. The van der Waals surface area contributed by atoms with Gasteiger partial charge in [0, 0.05) is 38.3 Å². The highest BCUT2D eigenvalue weighted by molar-refractivity contribution is 7.89. The lowest BCUT2D eigenvalue weighted by atomic mass is 10.1. The predicted octanol–water partition coefficient (Wildman–Crippen LogP) is 3.47. The predicted molar refractivity (Wildman–Crippen MR) is 130 cm³/mol. The molecule has 1 fully saturated rings. The Balaban J connectivity index is 1.57. The highest BCUT2D eigenvalue weighted by Crippen LogP contribution is 2.23. The van der Waals surface area contributed by atoms with Crippen LogP contribution in [0.25, 0.3) is 0 Å². The van der Waals surface area contributed by atoms with E-state index in [4.69, 9.17) is 4.74 Å². The summed E-state index contributed by atoms with van der Waals surface area (Å²) in [6.07, 6.45) is -0.499. The summed E-state index contributed by atoms with van der Waals surface area (Å²) in [5.41, 5.74) is 2.40. The quantitative estimate of drug-likeness (QED) is 0.697. The van der Waals surface area contributed by atoms with E-state index in [-0.39, 0.29) is 25.5 Å². The third-order valence-electron chi connectivity index (χ3n) is 5.52. The van der Waals surface area contributed by atoms with E-state index >= 15 is 0 Å². The average Bonchev–Trinajstić information content (AvgIpc) is 2.78. The van der Waals surface area contributed by atoms with E-state index in [0.717, 1.165) is 11.1 Å². The van der Waals surface area contributed by atoms with Crippen LogP contribution >= 0.6 is 0 Å². The second kappa shape index (κ2) is 10.1. The summed E-state index contributed by atoms with van der Waals surface area (Å²) in [7, 11) is -3.61. The third-order valence-corrected chi connectivity index (χ3v) is 7.56. The van der Waals surface area contributed by atoms with Crippen molar-refractivity contribution in [3.8, 4) is 0 Å². The minimum Gasteiger partial charge on any atom is -0.444 e. The van der Waals surface area contributed by atoms with Gasteiger partial charge in [0.15, 0.2) is 0 Å². The number of nitrogens with zero attached hydrogens (tertiary/aromatic N) is 2. The van der Waals surface area contributed by atoms with Gasteiger partial charge in [-0.1, -0.05) is 24.3 Å². The fourth-order valence-electron chi connectivity index (χ4n) is 3.69. The molecule has 0 spiro atoms. The number of carbonyl (C=O) groups is 2. The van der Waals surface area contributed by atoms with Gasteiger partial charge in [-0.25, -0.2) is 13.2 Å². The fraction of sp³-hybridized carbons (Fsp3) is 0.440. The summed E-state index contributed by atoms with van der Waals surface area (Å²) >= 11 is 0. The summed E-state index contributed by atoms with van der Waals surface area (Å²) in [5, 5.41) is 2.69. The first-order valence-corrected chi connectivity index (χ1v) is 12.7. The number of amides is 2. The molecule has 1 saturated heterocycles. The summed E-state index contributed by atoms with van der Waals surface area (Å²) in [4.78, 5) is 26.7. The van der Waals surface area contributed by atoms with Crippen LogP contribution in [0.3, 0.4) is 0 Å². The zero-order chi connectivity index (χ0) is 25.1. The van der Waals surface area contributed by atoms with Crippen molar-refractivity contribution >= 4 is 22.0 Å². The van der Waals surface area contributed by atoms with E-state index in [1.54, 1.807) is 62.9 Å². The number of rotatable bonds is 5. The Hall–Kier alpha value is -2.91.